The molecule has 0 aliphatic carbocycles. The van der Waals surface area contributed by atoms with Crippen LogP contribution in [0.2, 0.25) is 0 Å². The van der Waals surface area contributed by atoms with Gasteiger partial charge in [0, 0.05) is 5.69 Å². The quantitative estimate of drug-likeness (QED) is 0.779. The zero-order valence-corrected chi connectivity index (χ0v) is 14.4. The summed E-state index contributed by atoms with van der Waals surface area (Å²) in [5.41, 5.74) is 2.10. The predicted molar refractivity (Wildman–Crippen MR) is 98.4 cm³/mol. The second-order valence-electron chi connectivity index (χ2n) is 5.06. The largest absolute Gasteiger partial charge is 0.497 e. The maximum atomic E-state index is 5.41. The van der Waals surface area contributed by atoms with Crippen LogP contribution in [-0.2, 0) is 0 Å². The third-order valence-electron chi connectivity index (χ3n) is 3.58. The standard InChI is InChI=1S/C18H22N2O2S/c1-4-17(13-5-9-15(21-2)10-6-13)20-18(23)19-14-7-11-16(22-3)12-8-14/h5-12,17H,4H2,1-3H3,(H2,19,20,23)/t17-/m1/s1. The highest BCUT2D eigenvalue weighted by Gasteiger charge is 2.11. The summed E-state index contributed by atoms with van der Waals surface area (Å²) in [7, 11) is 3.31. The molecule has 0 saturated carbocycles. The lowest BCUT2D eigenvalue weighted by molar-refractivity contribution is 0.414. The van der Waals surface area contributed by atoms with Crippen LogP contribution >= 0.6 is 12.2 Å². The van der Waals surface area contributed by atoms with Crippen molar-refractivity contribution >= 4 is 23.0 Å². The normalized spacial score (nSPS) is 11.4. The third kappa shape index (κ3) is 4.86. The van der Waals surface area contributed by atoms with Crippen LogP contribution in [0, 0.1) is 0 Å². The number of nitrogens with one attached hydrogen (secondary N) is 2. The second-order valence-corrected chi connectivity index (χ2v) is 5.47. The van der Waals surface area contributed by atoms with Crippen molar-refractivity contribution in [1.82, 2.24) is 5.32 Å². The Hall–Kier alpha value is -2.27. The minimum absolute atomic E-state index is 0.152. The van der Waals surface area contributed by atoms with Gasteiger partial charge in [-0.2, -0.15) is 0 Å². The molecule has 0 spiro atoms. The molecule has 0 heterocycles. The average molecular weight is 330 g/mol. The molecule has 0 saturated heterocycles. The zero-order valence-electron chi connectivity index (χ0n) is 13.6. The van der Waals surface area contributed by atoms with Gasteiger partial charge in [0.25, 0.3) is 0 Å². The molecule has 2 aromatic carbocycles. The van der Waals surface area contributed by atoms with Crippen molar-refractivity contribution in [3.63, 3.8) is 0 Å². The summed E-state index contributed by atoms with van der Waals surface area (Å²) < 4.78 is 10.3. The van der Waals surface area contributed by atoms with Crippen LogP contribution in [0.4, 0.5) is 5.69 Å². The maximum Gasteiger partial charge on any atom is 0.171 e. The summed E-state index contributed by atoms with van der Waals surface area (Å²) in [6.07, 6.45) is 0.927. The molecule has 0 fully saturated rings. The Balaban J connectivity index is 1.97. The van der Waals surface area contributed by atoms with Crippen LogP contribution in [0.1, 0.15) is 24.9 Å². The lowest BCUT2D eigenvalue weighted by Gasteiger charge is -2.20. The smallest absolute Gasteiger partial charge is 0.171 e. The van der Waals surface area contributed by atoms with E-state index in [0.29, 0.717) is 5.11 Å². The first kappa shape index (κ1) is 17.1. The zero-order chi connectivity index (χ0) is 16.7. The van der Waals surface area contributed by atoms with Gasteiger partial charge in [0.2, 0.25) is 0 Å². The molecule has 5 heteroatoms. The third-order valence-corrected chi connectivity index (χ3v) is 3.80. The molecule has 0 aliphatic heterocycles. The Morgan fingerprint density at radius 3 is 1.96 bits per heavy atom. The van der Waals surface area contributed by atoms with Crippen molar-refractivity contribution in [3.8, 4) is 11.5 Å². The van der Waals surface area contributed by atoms with Gasteiger partial charge in [0.1, 0.15) is 11.5 Å². The van der Waals surface area contributed by atoms with E-state index in [1.165, 1.54) is 5.56 Å². The fourth-order valence-corrected chi connectivity index (χ4v) is 2.52. The van der Waals surface area contributed by atoms with E-state index >= 15 is 0 Å². The summed E-state index contributed by atoms with van der Waals surface area (Å²) in [5.74, 6) is 1.67. The van der Waals surface area contributed by atoms with Gasteiger partial charge in [-0.1, -0.05) is 19.1 Å². The van der Waals surface area contributed by atoms with Crippen molar-refractivity contribution in [2.75, 3.05) is 19.5 Å². The molecule has 2 rings (SSSR count). The molecular weight excluding hydrogens is 308 g/mol. The first-order valence-corrected chi connectivity index (χ1v) is 7.92. The van der Waals surface area contributed by atoms with E-state index in [0.717, 1.165) is 23.6 Å². The summed E-state index contributed by atoms with van der Waals surface area (Å²) in [5, 5.41) is 7.13. The number of ether oxygens (including phenoxy) is 2. The van der Waals surface area contributed by atoms with Gasteiger partial charge in [-0.15, -0.1) is 0 Å². The molecule has 122 valence electrons. The van der Waals surface area contributed by atoms with Gasteiger partial charge in [0.15, 0.2) is 5.11 Å². The van der Waals surface area contributed by atoms with E-state index in [2.05, 4.69) is 29.7 Å². The fraction of sp³-hybridized carbons (Fsp3) is 0.278. The van der Waals surface area contributed by atoms with E-state index < -0.39 is 0 Å². The maximum absolute atomic E-state index is 5.41. The first-order valence-electron chi connectivity index (χ1n) is 7.51. The van der Waals surface area contributed by atoms with Crippen LogP contribution in [0.3, 0.4) is 0 Å². The molecule has 2 N–H and O–H groups in total. The van der Waals surface area contributed by atoms with E-state index in [1.54, 1.807) is 14.2 Å². The Morgan fingerprint density at radius 2 is 1.48 bits per heavy atom. The van der Waals surface area contributed by atoms with E-state index in [4.69, 9.17) is 21.7 Å². The molecule has 4 nitrogen and oxygen atoms in total. The van der Waals surface area contributed by atoms with Crippen LogP contribution in [0.15, 0.2) is 48.5 Å². The molecule has 0 amide bonds. The molecule has 2 aromatic rings. The second kappa shape index (κ2) is 8.39. The highest BCUT2D eigenvalue weighted by molar-refractivity contribution is 7.80. The summed E-state index contributed by atoms with van der Waals surface area (Å²) in [6.45, 7) is 2.12. The fourth-order valence-electron chi connectivity index (χ4n) is 2.26. The molecule has 0 aliphatic rings. The molecule has 23 heavy (non-hydrogen) atoms. The Bertz CT molecular complexity index is 626. The molecule has 0 radical (unpaired) electrons. The molecular formula is C18H22N2O2S. The number of hydrogen-bond donors (Lipinski definition) is 2. The van der Waals surface area contributed by atoms with Crippen molar-refractivity contribution in [2.45, 2.75) is 19.4 Å². The van der Waals surface area contributed by atoms with Crippen molar-refractivity contribution in [1.29, 1.82) is 0 Å². The van der Waals surface area contributed by atoms with Gasteiger partial charge < -0.3 is 20.1 Å². The van der Waals surface area contributed by atoms with Gasteiger partial charge in [-0.25, -0.2) is 0 Å². The van der Waals surface area contributed by atoms with Crippen LogP contribution in [0.25, 0.3) is 0 Å². The predicted octanol–water partition coefficient (Wildman–Crippen LogP) is 4.14. The summed E-state index contributed by atoms with van der Waals surface area (Å²) in [4.78, 5) is 0. The Kier molecular flexibility index (Phi) is 6.23. The van der Waals surface area contributed by atoms with Crippen LogP contribution < -0.4 is 20.1 Å². The molecule has 0 unspecified atom stereocenters. The van der Waals surface area contributed by atoms with Crippen molar-refractivity contribution in [3.05, 3.63) is 54.1 Å². The topological polar surface area (TPSA) is 42.5 Å². The molecule has 0 bridgehead atoms. The van der Waals surface area contributed by atoms with E-state index in [1.807, 2.05) is 36.4 Å². The van der Waals surface area contributed by atoms with E-state index in [-0.39, 0.29) is 6.04 Å². The number of anilines is 1. The number of rotatable bonds is 6. The lowest BCUT2D eigenvalue weighted by Crippen LogP contribution is -2.32. The molecule has 1 atom stereocenters. The summed E-state index contributed by atoms with van der Waals surface area (Å²) >= 11 is 5.41. The van der Waals surface area contributed by atoms with Gasteiger partial charge in [0.05, 0.1) is 20.3 Å². The number of thiocarbonyl (C=S) groups is 1. The molecule has 0 aromatic heterocycles. The van der Waals surface area contributed by atoms with Gasteiger partial charge in [-0.05, 0) is 60.6 Å². The van der Waals surface area contributed by atoms with Gasteiger partial charge >= 0.3 is 0 Å². The number of hydrogen-bond acceptors (Lipinski definition) is 3. The Labute approximate surface area is 142 Å². The highest BCUT2D eigenvalue weighted by atomic mass is 32.1. The van der Waals surface area contributed by atoms with Crippen molar-refractivity contribution < 1.29 is 9.47 Å². The summed E-state index contributed by atoms with van der Waals surface area (Å²) in [6, 6.07) is 15.8. The SMILES string of the molecule is CC[C@@H](NC(=S)Nc1ccc(OC)cc1)c1ccc(OC)cc1. The van der Waals surface area contributed by atoms with Gasteiger partial charge in [-0.3, -0.25) is 0 Å². The van der Waals surface area contributed by atoms with Crippen LogP contribution in [-0.4, -0.2) is 19.3 Å². The van der Waals surface area contributed by atoms with Crippen LogP contribution in [0.5, 0.6) is 11.5 Å². The number of methoxy groups -OCH3 is 2. The van der Waals surface area contributed by atoms with E-state index in [9.17, 15) is 0 Å². The van der Waals surface area contributed by atoms with Crippen molar-refractivity contribution in [2.24, 2.45) is 0 Å². The minimum atomic E-state index is 0.152. The lowest BCUT2D eigenvalue weighted by atomic mass is 10.0. The monoisotopic (exact) mass is 330 g/mol. The Morgan fingerprint density at radius 1 is 0.957 bits per heavy atom. The average Bonchev–Trinajstić information content (AvgIpc) is 2.60. The first-order chi connectivity index (χ1) is 11.2. The highest BCUT2D eigenvalue weighted by Crippen LogP contribution is 2.20. The number of benzene rings is 2. The minimum Gasteiger partial charge on any atom is -0.497 e.